The lowest BCUT2D eigenvalue weighted by Gasteiger charge is -2.40. The van der Waals surface area contributed by atoms with E-state index < -0.39 is 34.0 Å². The van der Waals surface area contributed by atoms with Gasteiger partial charge in [0, 0.05) is 25.3 Å². The highest BCUT2D eigenvalue weighted by Crippen LogP contribution is 2.31. The molecule has 1 saturated heterocycles. The van der Waals surface area contributed by atoms with Crippen LogP contribution in [0.25, 0.3) is 0 Å². The number of ether oxygens (including phenoxy) is 1. The Balaban J connectivity index is 1.36. The van der Waals surface area contributed by atoms with Crippen molar-refractivity contribution in [2.24, 2.45) is 0 Å². The van der Waals surface area contributed by atoms with E-state index in [2.05, 4.69) is 10.6 Å². The smallest absolute Gasteiger partial charge is 0.337 e. The minimum absolute atomic E-state index is 0.0335. The lowest BCUT2D eigenvalue weighted by Crippen LogP contribution is -2.62. The van der Waals surface area contributed by atoms with Crippen molar-refractivity contribution in [1.82, 2.24) is 14.5 Å². The third kappa shape index (κ3) is 5.74. The van der Waals surface area contributed by atoms with Crippen LogP contribution in [0.3, 0.4) is 0 Å². The first-order valence-corrected chi connectivity index (χ1v) is 15.3. The molecular formula is C28H30N4O6S2. The standard InChI is InChI=1S/C28H30N4O6S2/c1-38-27(34)20-11-13-21(14-12-20)29-28(35)31-15-16-32(40(36,37)25-10-5-17-39-25)24(18-31)26(33)30-23-9-4-7-19-6-2-3-8-22(19)23/h2-3,5-6,8,10-14,17,23-24H,4,7,9,15-16,18H2,1H3,(H,29,35)(H,30,33). The highest BCUT2D eigenvalue weighted by molar-refractivity contribution is 7.91. The van der Waals surface area contributed by atoms with E-state index in [1.54, 1.807) is 23.6 Å². The molecule has 40 heavy (non-hydrogen) atoms. The van der Waals surface area contributed by atoms with Crippen molar-refractivity contribution in [3.8, 4) is 0 Å². The number of piperazine rings is 1. The molecule has 2 aromatic carbocycles. The van der Waals surface area contributed by atoms with E-state index in [1.807, 2.05) is 24.3 Å². The molecule has 3 amide bonds. The number of benzene rings is 2. The summed E-state index contributed by atoms with van der Waals surface area (Å²) in [5, 5.41) is 7.52. The van der Waals surface area contributed by atoms with Crippen molar-refractivity contribution in [2.75, 3.05) is 32.1 Å². The van der Waals surface area contributed by atoms with Gasteiger partial charge in [0.1, 0.15) is 10.3 Å². The summed E-state index contributed by atoms with van der Waals surface area (Å²) in [5.74, 6) is -0.933. The molecule has 0 bridgehead atoms. The van der Waals surface area contributed by atoms with Crippen LogP contribution >= 0.6 is 11.3 Å². The van der Waals surface area contributed by atoms with Gasteiger partial charge in [0.05, 0.1) is 18.7 Å². The molecule has 10 nitrogen and oxygen atoms in total. The fourth-order valence-electron chi connectivity index (χ4n) is 5.16. The van der Waals surface area contributed by atoms with E-state index in [0.717, 1.165) is 36.2 Å². The maximum Gasteiger partial charge on any atom is 0.337 e. The summed E-state index contributed by atoms with van der Waals surface area (Å²) in [5.41, 5.74) is 3.00. The van der Waals surface area contributed by atoms with Crippen LogP contribution in [0.4, 0.5) is 10.5 Å². The summed E-state index contributed by atoms with van der Waals surface area (Å²) in [6.45, 7) is -0.0438. The Morgan fingerprint density at radius 1 is 1.00 bits per heavy atom. The number of nitrogens with one attached hydrogen (secondary N) is 2. The summed E-state index contributed by atoms with van der Waals surface area (Å²) in [7, 11) is -2.66. The van der Waals surface area contributed by atoms with E-state index in [0.29, 0.717) is 11.3 Å². The van der Waals surface area contributed by atoms with Gasteiger partial charge in [0.2, 0.25) is 5.91 Å². The average Bonchev–Trinajstić information content (AvgIpc) is 3.53. The number of anilines is 1. The number of nitrogens with zero attached hydrogens (tertiary/aromatic N) is 2. The second kappa shape index (κ2) is 11.8. The third-order valence-corrected chi connectivity index (χ3v) is 10.5. The fourth-order valence-corrected chi connectivity index (χ4v) is 7.85. The first-order valence-electron chi connectivity index (χ1n) is 13.0. The molecule has 5 rings (SSSR count). The lowest BCUT2D eigenvalue weighted by molar-refractivity contribution is -0.127. The molecule has 2 atom stereocenters. The van der Waals surface area contributed by atoms with Crippen LogP contribution < -0.4 is 10.6 Å². The molecule has 2 aliphatic rings. The van der Waals surface area contributed by atoms with Crippen molar-refractivity contribution in [1.29, 1.82) is 0 Å². The summed E-state index contributed by atoms with van der Waals surface area (Å²) in [6, 6.07) is 15.5. The fraction of sp³-hybridized carbons (Fsp3) is 0.321. The zero-order valence-electron chi connectivity index (χ0n) is 21.9. The Kier molecular flexibility index (Phi) is 8.19. The largest absolute Gasteiger partial charge is 0.465 e. The topological polar surface area (TPSA) is 125 Å². The molecule has 0 saturated carbocycles. The van der Waals surface area contributed by atoms with Crippen molar-refractivity contribution in [2.45, 2.75) is 35.6 Å². The summed E-state index contributed by atoms with van der Waals surface area (Å²) < 4.78 is 33.1. The number of hydrogen-bond acceptors (Lipinski definition) is 7. The summed E-state index contributed by atoms with van der Waals surface area (Å²) in [4.78, 5) is 40.0. The van der Waals surface area contributed by atoms with Crippen LogP contribution in [0, 0.1) is 0 Å². The quantitative estimate of drug-likeness (QED) is 0.428. The molecule has 3 aromatic rings. The third-order valence-electron chi connectivity index (χ3n) is 7.22. The van der Waals surface area contributed by atoms with Gasteiger partial charge in [0.25, 0.3) is 10.0 Å². The Labute approximate surface area is 237 Å². The molecule has 2 N–H and O–H groups in total. The Morgan fingerprint density at radius 2 is 1.77 bits per heavy atom. The monoisotopic (exact) mass is 582 g/mol. The predicted molar refractivity (Wildman–Crippen MR) is 151 cm³/mol. The van der Waals surface area contributed by atoms with Crippen molar-refractivity contribution < 1.29 is 27.5 Å². The maximum atomic E-state index is 13.7. The summed E-state index contributed by atoms with van der Waals surface area (Å²) in [6.07, 6.45) is 2.59. The van der Waals surface area contributed by atoms with E-state index in [-0.39, 0.29) is 29.9 Å². The van der Waals surface area contributed by atoms with Gasteiger partial charge in [-0.25, -0.2) is 18.0 Å². The number of carbonyl (C=O) groups excluding carboxylic acids is 3. The SMILES string of the molecule is COC(=O)c1ccc(NC(=O)N2CCN(S(=O)(=O)c3cccs3)C(C(=O)NC3CCCc4ccccc43)C2)cc1. The molecule has 0 radical (unpaired) electrons. The maximum absolute atomic E-state index is 13.7. The molecule has 2 unspecified atom stereocenters. The molecule has 1 aliphatic heterocycles. The number of amides is 3. The van der Waals surface area contributed by atoms with Crippen LogP contribution in [0.1, 0.15) is 40.4 Å². The Hall–Kier alpha value is -3.74. The number of thiophene rings is 1. The van der Waals surface area contributed by atoms with Crippen LogP contribution in [-0.4, -0.2) is 68.3 Å². The molecule has 1 aromatic heterocycles. The number of sulfonamides is 1. The predicted octanol–water partition coefficient (Wildman–Crippen LogP) is 3.64. The Bertz CT molecular complexity index is 1490. The van der Waals surface area contributed by atoms with Crippen molar-refractivity contribution in [3.63, 3.8) is 0 Å². The van der Waals surface area contributed by atoms with Crippen LogP contribution in [0.5, 0.6) is 0 Å². The first kappa shape index (κ1) is 27.8. The second-order valence-corrected chi connectivity index (χ2v) is 12.7. The van der Waals surface area contributed by atoms with Crippen LogP contribution in [0.15, 0.2) is 70.3 Å². The number of methoxy groups -OCH3 is 1. The molecule has 2 heterocycles. The van der Waals surface area contributed by atoms with Crippen LogP contribution in [-0.2, 0) is 26.0 Å². The molecule has 1 fully saturated rings. The van der Waals surface area contributed by atoms with Gasteiger partial charge < -0.3 is 20.3 Å². The molecule has 1 aliphatic carbocycles. The van der Waals surface area contributed by atoms with E-state index in [1.165, 1.54) is 40.1 Å². The number of hydrogen-bond donors (Lipinski definition) is 2. The van der Waals surface area contributed by atoms with E-state index >= 15 is 0 Å². The number of esters is 1. The van der Waals surface area contributed by atoms with Gasteiger partial charge in [-0.05, 0) is 66.1 Å². The van der Waals surface area contributed by atoms with Gasteiger partial charge in [0.15, 0.2) is 0 Å². The highest BCUT2D eigenvalue weighted by atomic mass is 32.2. The average molecular weight is 583 g/mol. The Morgan fingerprint density at radius 3 is 2.50 bits per heavy atom. The number of carbonyl (C=O) groups is 3. The van der Waals surface area contributed by atoms with Crippen molar-refractivity contribution in [3.05, 3.63) is 82.7 Å². The zero-order chi connectivity index (χ0) is 28.3. The van der Waals surface area contributed by atoms with Gasteiger partial charge in [-0.3, -0.25) is 4.79 Å². The lowest BCUT2D eigenvalue weighted by atomic mass is 9.87. The normalized spacial score (nSPS) is 19.4. The van der Waals surface area contributed by atoms with Gasteiger partial charge in [-0.2, -0.15) is 4.31 Å². The highest BCUT2D eigenvalue weighted by Gasteiger charge is 2.42. The molecular weight excluding hydrogens is 552 g/mol. The van der Waals surface area contributed by atoms with Gasteiger partial charge in [-0.1, -0.05) is 30.3 Å². The number of urea groups is 1. The van der Waals surface area contributed by atoms with E-state index in [4.69, 9.17) is 4.74 Å². The van der Waals surface area contributed by atoms with Crippen molar-refractivity contribution >= 4 is 45.0 Å². The first-order chi connectivity index (χ1) is 19.3. The van der Waals surface area contributed by atoms with Gasteiger partial charge in [-0.15, -0.1) is 11.3 Å². The van der Waals surface area contributed by atoms with Crippen LogP contribution in [0.2, 0.25) is 0 Å². The molecule has 12 heteroatoms. The minimum Gasteiger partial charge on any atom is -0.465 e. The van der Waals surface area contributed by atoms with Gasteiger partial charge >= 0.3 is 12.0 Å². The minimum atomic E-state index is -3.95. The van der Waals surface area contributed by atoms with E-state index in [9.17, 15) is 22.8 Å². The second-order valence-electron chi connectivity index (χ2n) is 9.66. The summed E-state index contributed by atoms with van der Waals surface area (Å²) >= 11 is 1.09. The zero-order valence-corrected chi connectivity index (χ0v) is 23.5. The molecule has 210 valence electrons. The molecule has 0 spiro atoms. The number of fused-ring (bicyclic) bond motifs is 1. The number of aryl methyl sites for hydroxylation is 1. The number of rotatable bonds is 6.